The maximum absolute atomic E-state index is 12.2. The van der Waals surface area contributed by atoms with Gasteiger partial charge in [0.1, 0.15) is 45.5 Å². The normalized spacial score (nSPS) is 17.3. The summed E-state index contributed by atoms with van der Waals surface area (Å²) in [5, 5.41) is 18.6. The molecule has 0 radical (unpaired) electrons. The molecule has 2 aromatic carbocycles. The van der Waals surface area contributed by atoms with Gasteiger partial charge in [-0.25, -0.2) is 19.9 Å². The number of fused-ring (bicyclic) bond motifs is 8. The van der Waals surface area contributed by atoms with Crippen LogP contribution in [0.15, 0.2) is 46.9 Å². The molecule has 0 fully saturated rings. The molecule has 0 spiro atoms. The van der Waals surface area contributed by atoms with Crippen molar-refractivity contribution in [3.8, 4) is 11.5 Å². The van der Waals surface area contributed by atoms with Crippen LogP contribution in [0, 0.1) is 11.8 Å². The van der Waals surface area contributed by atoms with Gasteiger partial charge in [-0.05, 0) is 109 Å². The molecule has 6 heterocycles. The number of esters is 1. The lowest BCUT2D eigenvalue weighted by Crippen LogP contribution is -2.23. The van der Waals surface area contributed by atoms with E-state index < -0.39 is 0 Å². The minimum absolute atomic E-state index is 0.0778. The maximum atomic E-state index is 12.2. The molecular formula is C42H42N8O5S2. The highest BCUT2D eigenvalue weighted by Crippen LogP contribution is 2.43. The lowest BCUT2D eigenvalue weighted by Gasteiger charge is -2.21. The fourth-order valence-electron chi connectivity index (χ4n) is 8.16. The number of rotatable bonds is 9. The van der Waals surface area contributed by atoms with Gasteiger partial charge in [-0.2, -0.15) is 0 Å². The van der Waals surface area contributed by atoms with Crippen LogP contribution < -0.4 is 20.1 Å². The Bertz CT molecular complexity index is 2580. The van der Waals surface area contributed by atoms with Crippen molar-refractivity contribution in [3.63, 3.8) is 0 Å². The summed E-state index contributed by atoms with van der Waals surface area (Å²) in [4.78, 5) is 43.4. The minimum atomic E-state index is -0.102. The van der Waals surface area contributed by atoms with Crippen molar-refractivity contribution in [3.05, 3.63) is 80.1 Å². The summed E-state index contributed by atoms with van der Waals surface area (Å²) < 4.78 is 16.4. The van der Waals surface area contributed by atoms with Gasteiger partial charge in [0.25, 0.3) is 0 Å². The number of aliphatic hydroxyl groups excluding tert-OH is 1. The molecule has 13 nitrogen and oxygen atoms in total. The Hall–Kier alpha value is -5.51. The second-order valence-corrected chi connectivity index (χ2v) is 16.7. The zero-order chi connectivity index (χ0) is 39.0. The fraction of sp³-hybridized carbons (Fsp3) is 0.357. The quantitative estimate of drug-likeness (QED) is 0.124. The number of ether oxygens (including phenoxy) is 3. The Kier molecular flexibility index (Phi) is 10.3. The van der Waals surface area contributed by atoms with E-state index in [1.54, 1.807) is 49.5 Å². The van der Waals surface area contributed by atoms with Gasteiger partial charge in [-0.3, -0.25) is 14.8 Å². The number of hydrogen-bond acceptors (Lipinski definition) is 15. The third-order valence-electron chi connectivity index (χ3n) is 11.1. The van der Waals surface area contributed by atoms with Crippen molar-refractivity contribution in [2.24, 2.45) is 21.8 Å². The fourth-order valence-corrected chi connectivity index (χ4v) is 10.7. The Labute approximate surface area is 337 Å². The van der Waals surface area contributed by atoms with Crippen molar-refractivity contribution in [1.82, 2.24) is 19.9 Å². The summed E-state index contributed by atoms with van der Waals surface area (Å²) in [5.74, 6) is 3.30. The van der Waals surface area contributed by atoms with Gasteiger partial charge in [0.05, 0.1) is 62.0 Å². The molecule has 57 heavy (non-hydrogen) atoms. The first-order valence-electron chi connectivity index (χ1n) is 19.2. The van der Waals surface area contributed by atoms with Crippen molar-refractivity contribution >= 4 is 84.5 Å². The van der Waals surface area contributed by atoms with Crippen LogP contribution in [0.5, 0.6) is 11.5 Å². The molecule has 10 rings (SSSR count). The number of hydrogen-bond donors (Lipinski definition) is 3. The number of carbonyl (C=O) groups excluding carboxylic acids is 1. The van der Waals surface area contributed by atoms with E-state index in [1.165, 1.54) is 26.4 Å². The van der Waals surface area contributed by atoms with E-state index in [9.17, 15) is 9.90 Å². The number of nitrogens with zero attached hydrogens (tertiary/aromatic N) is 6. The molecule has 2 atom stereocenters. The van der Waals surface area contributed by atoms with E-state index in [4.69, 9.17) is 14.2 Å². The van der Waals surface area contributed by atoms with E-state index in [0.29, 0.717) is 32.0 Å². The first kappa shape index (κ1) is 37.1. The monoisotopic (exact) mass is 802 g/mol. The summed E-state index contributed by atoms with van der Waals surface area (Å²) in [6, 6.07) is 8.18. The Morgan fingerprint density at radius 2 is 1.32 bits per heavy atom. The predicted molar refractivity (Wildman–Crippen MR) is 225 cm³/mol. The van der Waals surface area contributed by atoms with Crippen LogP contribution >= 0.6 is 22.7 Å². The molecule has 6 aromatic rings. The van der Waals surface area contributed by atoms with Crippen LogP contribution in [0.1, 0.15) is 62.9 Å². The standard InChI is InChI=1S/C22H22N4O3S.C20H20N4O2S/c1-3-29-22(27)12-4-5-15-18(8-12)30-21-19(15)20(24-11-25-21)26-16-6-13-9-23-10-14(13)7-17(16)28-2;1-26-16-6-13-8-21-7-12(13)5-15(16)24-19-18-14-3-2-11(9-25)4-17(14)27-20(18)23-10-22-19/h6-7,9,11-12H,3-5,8,10H2,1-2H3,(H,24,25,26);5-7,10-11,25H,2-4,8-9H2,1H3,(H,22,23,24). The number of aliphatic hydroxyl groups is 1. The third-order valence-corrected chi connectivity index (χ3v) is 13.4. The molecule has 0 amide bonds. The van der Waals surface area contributed by atoms with Crippen molar-refractivity contribution in [1.29, 1.82) is 0 Å². The SMILES string of the molecule is CCOC(=O)C1CCc2c(sc3ncnc(Nc4cc5c(cc4OC)CN=C5)c23)C1.COc1cc2c(cc1Nc1ncnc3sc4c(c13)CCC(CO)C4)C=NC2. The van der Waals surface area contributed by atoms with E-state index in [1.807, 2.05) is 37.6 Å². The predicted octanol–water partition coefficient (Wildman–Crippen LogP) is 7.52. The average Bonchev–Trinajstić information content (AvgIpc) is 4.04. The first-order valence-corrected chi connectivity index (χ1v) is 20.8. The van der Waals surface area contributed by atoms with Crippen LogP contribution in [0.3, 0.4) is 0 Å². The zero-order valence-electron chi connectivity index (χ0n) is 31.9. The number of aromatic nitrogens is 4. The van der Waals surface area contributed by atoms with Crippen LogP contribution in [-0.2, 0) is 48.3 Å². The summed E-state index contributed by atoms with van der Waals surface area (Å²) in [5.41, 5.74) is 8.83. The van der Waals surface area contributed by atoms with E-state index >= 15 is 0 Å². The Morgan fingerprint density at radius 3 is 1.84 bits per heavy atom. The number of aryl methyl sites for hydroxylation is 2. The van der Waals surface area contributed by atoms with Crippen LogP contribution in [-0.4, -0.2) is 70.9 Å². The lowest BCUT2D eigenvalue weighted by molar-refractivity contribution is -0.148. The number of carbonyl (C=O) groups is 1. The molecule has 0 saturated carbocycles. The molecule has 2 aliphatic carbocycles. The van der Waals surface area contributed by atoms with Crippen molar-refractivity contribution in [2.45, 2.75) is 58.5 Å². The van der Waals surface area contributed by atoms with Crippen LogP contribution in [0.2, 0.25) is 0 Å². The smallest absolute Gasteiger partial charge is 0.309 e. The molecule has 0 saturated heterocycles. The highest BCUT2D eigenvalue weighted by molar-refractivity contribution is 7.19. The van der Waals surface area contributed by atoms with E-state index in [2.05, 4.69) is 46.6 Å². The summed E-state index contributed by atoms with van der Waals surface area (Å²) in [6.07, 6.45) is 12.2. The van der Waals surface area contributed by atoms with Crippen molar-refractivity contribution < 1.29 is 24.1 Å². The molecule has 2 aliphatic heterocycles. The molecule has 15 heteroatoms. The highest BCUT2D eigenvalue weighted by Gasteiger charge is 2.30. The lowest BCUT2D eigenvalue weighted by atomic mass is 9.88. The number of nitrogens with one attached hydrogen (secondary N) is 2. The maximum Gasteiger partial charge on any atom is 0.309 e. The minimum Gasteiger partial charge on any atom is -0.495 e. The molecule has 0 bridgehead atoms. The molecule has 4 aromatic heterocycles. The molecule has 292 valence electrons. The molecule has 3 N–H and O–H groups in total. The highest BCUT2D eigenvalue weighted by atomic mass is 32.1. The van der Waals surface area contributed by atoms with Gasteiger partial charge in [0.2, 0.25) is 0 Å². The number of benzene rings is 2. The van der Waals surface area contributed by atoms with Gasteiger partial charge in [0.15, 0.2) is 0 Å². The topological polar surface area (TPSA) is 165 Å². The summed E-state index contributed by atoms with van der Waals surface area (Å²) >= 11 is 3.36. The molecule has 4 aliphatic rings. The second kappa shape index (κ2) is 15.8. The van der Waals surface area contributed by atoms with E-state index in [-0.39, 0.29) is 18.5 Å². The Morgan fingerprint density at radius 1 is 0.772 bits per heavy atom. The number of aliphatic imine (C=N–C) groups is 2. The largest absolute Gasteiger partial charge is 0.495 e. The third kappa shape index (κ3) is 7.08. The van der Waals surface area contributed by atoms with Gasteiger partial charge in [-0.15, -0.1) is 22.7 Å². The number of methoxy groups -OCH3 is 2. The summed E-state index contributed by atoms with van der Waals surface area (Å²) in [6.45, 7) is 3.90. The summed E-state index contributed by atoms with van der Waals surface area (Å²) in [7, 11) is 3.35. The first-order chi connectivity index (χ1) is 27.9. The van der Waals surface area contributed by atoms with Gasteiger partial charge in [0, 0.05) is 28.8 Å². The van der Waals surface area contributed by atoms with Gasteiger partial charge >= 0.3 is 5.97 Å². The molecule has 2 unspecified atom stereocenters. The number of thiophene rings is 2. The van der Waals surface area contributed by atoms with E-state index in [0.717, 1.165) is 104 Å². The zero-order valence-corrected chi connectivity index (χ0v) is 33.6. The number of anilines is 4. The average molecular weight is 803 g/mol. The Balaban J connectivity index is 0.000000149. The van der Waals surface area contributed by atoms with Crippen molar-refractivity contribution in [2.75, 3.05) is 38.1 Å². The van der Waals surface area contributed by atoms with Gasteiger partial charge in [-0.1, -0.05) is 0 Å². The van der Waals surface area contributed by atoms with Gasteiger partial charge < -0.3 is 30.0 Å². The second-order valence-electron chi connectivity index (χ2n) is 14.5. The van der Waals surface area contributed by atoms with Crippen LogP contribution in [0.25, 0.3) is 20.4 Å². The molecular weight excluding hydrogens is 761 g/mol. The van der Waals surface area contributed by atoms with Crippen LogP contribution in [0.4, 0.5) is 23.0 Å².